The van der Waals surface area contributed by atoms with Crippen LogP contribution < -0.4 is 0 Å². The summed E-state index contributed by atoms with van der Waals surface area (Å²) in [6, 6.07) is -0.129. The molecule has 0 saturated heterocycles. The highest BCUT2D eigenvalue weighted by Crippen LogP contribution is 2.06. The Balaban J connectivity index is 4.97. The standard InChI is InChI=1S/C14H22ClN3O/c1-9(2)16-11(4)12(5)17-14(15)8-10(3)18(7)13(6)19/h8,12H,1H2,2-7H3/b10-8+,16-11?,17-14?. The Morgan fingerprint density at radius 2 is 1.84 bits per heavy atom. The number of hydrogen-bond acceptors (Lipinski definition) is 3. The van der Waals surface area contributed by atoms with Crippen LogP contribution in [0, 0.1) is 0 Å². The summed E-state index contributed by atoms with van der Waals surface area (Å²) in [6.07, 6.45) is 1.66. The zero-order valence-corrected chi connectivity index (χ0v) is 13.2. The van der Waals surface area contributed by atoms with Crippen LogP contribution in [-0.4, -0.2) is 34.8 Å². The average Bonchev–Trinajstić information content (AvgIpc) is 2.26. The molecule has 0 aliphatic heterocycles. The number of hydrogen-bond donors (Lipinski definition) is 0. The summed E-state index contributed by atoms with van der Waals surface area (Å²) < 4.78 is 0. The first kappa shape index (κ1) is 17.6. The van der Waals surface area contributed by atoms with E-state index in [1.165, 1.54) is 11.8 Å². The molecule has 0 fully saturated rings. The number of allylic oxidation sites excluding steroid dienone is 3. The lowest BCUT2D eigenvalue weighted by Crippen LogP contribution is -2.22. The molecular formula is C14H22ClN3O. The van der Waals surface area contributed by atoms with Gasteiger partial charge in [0.05, 0.1) is 6.04 Å². The zero-order valence-electron chi connectivity index (χ0n) is 12.5. The second-order valence-electron chi connectivity index (χ2n) is 4.48. The predicted molar refractivity (Wildman–Crippen MR) is 82.9 cm³/mol. The molecule has 0 aromatic carbocycles. The third-order valence-electron chi connectivity index (χ3n) is 2.62. The van der Waals surface area contributed by atoms with Gasteiger partial charge in [-0.1, -0.05) is 18.2 Å². The maximum absolute atomic E-state index is 11.2. The molecule has 0 aromatic heterocycles. The second kappa shape index (κ2) is 7.89. The van der Waals surface area contributed by atoms with Crippen LogP contribution >= 0.6 is 11.6 Å². The second-order valence-corrected chi connectivity index (χ2v) is 4.87. The lowest BCUT2D eigenvalue weighted by atomic mass is 10.2. The van der Waals surface area contributed by atoms with E-state index in [1.807, 2.05) is 20.8 Å². The molecule has 0 heterocycles. The normalized spacial score (nSPS) is 15.2. The minimum Gasteiger partial charge on any atom is -0.320 e. The van der Waals surface area contributed by atoms with Gasteiger partial charge in [-0.2, -0.15) is 0 Å². The van der Waals surface area contributed by atoms with E-state index in [2.05, 4.69) is 16.6 Å². The van der Waals surface area contributed by atoms with Gasteiger partial charge in [0.1, 0.15) is 5.17 Å². The molecule has 4 nitrogen and oxygen atoms in total. The molecule has 0 radical (unpaired) electrons. The van der Waals surface area contributed by atoms with Crippen molar-refractivity contribution in [2.24, 2.45) is 9.98 Å². The molecule has 5 heteroatoms. The first-order valence-electron chi connectivity index (χ1n) is 6.01. The summed E-state index contributed by atoms with van der Waals surface area (Å²) in [5.74, 6) is -0.0497. The first-order chi connectivity index (χ1) is 8.65. The van der Waals surface area contributed by atoms with E-state index in [9.17, 15) is 4.79 Å². The van der Waals surface area contributed by atoms with Crippen LogP contribution in [0.1, 0.15) is 34.6 Å². The fourth-order valence-electron chi connectivity index (χ4n) is 1.23. The Morgan fingerprint density at radius 1 is 1.32 bits per heavy atom. The van der Waals surface area contributed by atoms with Crippen LogP contribution in [0.25, 0.3) is 0 Å². The third kappa shape index (κ3) is 6.91. The van der Waals surface area contributed by atoms with Crippen molar-refractivity contribution < 1.29 is 4.79 Å². The molecule has 1 unspecified atom stereocenters. The van der Waals surface area contributed by atoms with Gasteiger partial charge in [-0.25, -0.2) is 0 Å². The quantitative estimate of drug-likeness (QED) is 0.713. The van der Waals surface area contributed by atoms with Crippen molar-refractivity contribution >= 4 is 28.4 Å². The summed E-state index contributed by atoms with van der Waals surface area (Å²) in [5, 5.41) is 0.342. The number of carbonyl (C=O) groups excluding carboxylic acids is 1. The number of carbonyl (C=O) groups is 1. The SMILES string of the molecule is C=C(C)N=C(C)C(C)N=C(Cl)/C=C(\C)N(C)C(C)=O. The van der Waals surface area contributed by atoms with Gasteiger partial charge in [-0.3, -0.25) is 14.8 Å². The van der Waals surface area contributed by atoms with Crippen LogP contribution in [-0.2, 0) is 4.79 Å². The fraction of sp³-hybridized carbons (Fsp3) is 0.500. The summed E-state index contributed by atoms with van der Waals surface area (Å²) in [6.45, 7) is 12.6. The van der Waals surface area contributed by atoms with Gasteiger partial charge in [0.2, 0.25) is 5.91 Å². The van der Waals surface area contributed by atoms with Gasteiger partial charge in [0, 0.05) is 31.1 Å². The molecule has 0 aliphatic rings. The van der Waals surface area contributed by atoms with Crippen molar-refractivity contribution in [2.75, 3.05) is 7.05 Å². The van der Waals surface area contributed by atoms with Gasteiger partial charge in [0.25, 0.3) is 0 Å². The van der Waals surface area contributed by atoms with Crippen LogP contribution in [0.15, 0.2) is 34.0 Å². The van der Waals surface area contributed by atoms with E-state index in [-0.39, 0.29) is 11.9 Å². The number of aliphatic imine (C=N–C) groups is 2. The van der Waals surface area contributed by atoms with Crippen LogP contribution in [0.2, 0.25) is 0 Å². The topological polar surface area (TPSA) is 45.0 Å². The molecule has 1 atom stereocenters. The zero-order chi connectivity index (χ0) is 15.2. The molecule has 0 aromatic rings. The Morgan fingerprint density at radius 3 is 2.26 bits per heavy atom. The maximum atomic E-state index is 11.2. The highest BCUT2D eigenvalue weighted by Gasteiger charge is 2.07. The third-order valence-corrected chi connectivity index (χ3v) is 2.82. The molecule has 0 aliphatic carbocycles. The summed E-state index contributed by atoms with van der Waals surface area (Å²) in [4.78, 5) is 21.3. The van der Waals surface area contributed by atoms with E-state index in [4.69, 9.17) is 11.6 Å². The Kier molecular flexibility index (Phi) is 7.30. The van der Waals surface area contributed by atoms with E-state index in [0.29, 0.717) is 5.17 Å². The van der Waals surface area contributed by atoms with Crippen molar-refractivity contribution in [3.63, 3.8) is 0 Å². The van der Waals surface area contributed by atoms with Gasteiger partial charge in [-0.05, 0) is 33.8 Å². The van der Waals surface area contributed by atoms with Crippen molar-refractivity contribution in [1.29, 1.82) is 0 Å². The molecule has 0 spiro atoms. The predicted octanol–water partition coefficient (Wildman–Crippen LogP) is 3.39. The van der Waals surface area contributed by atoms with Crippen molar-refractivity contribution in [1.82, 2.24) is 4.90 Å². The largest absolute Gasteiger partial charge is 0.320 e. The number of halogens is 1. The van der Waals surface area contributed by atoms with E-state index >= 15 is 0 Å². The van der Waals surface area contributed by atoms with Gasteiger partial charge < -0.3 is 4.90 Å². The highest BCUT2D eigenvalue weighted by molar-refractivity contribution is 6.68. The maximum Gasteiger partial charge on any atom is 0.223 e. The number of nitrogens with zero attached hydrogens (tertiary/aromatic N) is 3. The smallest absolute Gasteiger partial charge is 0.223 e. The molecular weight excluding hydrogens is 262 g/mol. The Bertz CT molecular complexity index is 450. The molecule has 0 N–H and O–H groups in total. The van der Waals surface area contributed by atoms with Gasteiger partial charge in [-0.15, -0.1) is 0 Å². The molecule has 19 heavy (non-hydrogen) atoms. The molecule has 1 amide bonds. The van der Waals surface area contributed by atoms with Gasteiger partial charge >= 0.3 is 0 Å². The minimum atomic E-state index is -0.129. The summed E-state index contributed by atoms with van der Waals surface area (Å²) in [7, 11) is 1.69. The lowest BCUT2D eigenvalue weighted by Gasteiger charge is -2.15. The van der Waals surface area contributed by atoms with E-state index < -0.39 is 0 Å². The van der Waals surface area contributed by atoms with Crippen LogP contribution in [0.5, 0.6) is 0 Å². The fourth-order valence-corrected chi connectivity index (χ4v) is 1.53. The monoisotopic (exact) mass is 283 g/mol. The van der Waals surface area contributed by atoms with Crippen molar-refractivity contribution in [2.45, 2.75) is 40.7 Å². The summed E-state index contributed by atoms with van der Waals surface area (Å²) >= 11 is 6.06. The average molecular weight is 284 g/mol. The lowest BCUT2D eigenvalue weighted by molar-refractivity contribution is -0.125. The molecule has 0 rings (SSSR count). The van der Waals surface area contributed by atoms with Crippen molar-refractivity contribution in [3.8, 4) is 0 Å². The highest BCUT2D eigenvalue weighted by atomic mass is 35.5. The molecule has 106 valence electrons. The van der Waals surface area contributed by atoms with E-state index in [1.54, 1.807) is 20.0 Å². The minimum absolute atomic E-state index is 0.0497. The van der Waals surface area contributed by atoms with Crippen LogP contribution in [0.4, 0.5) is 0 Å². The van der Waals surface area contributed by atoms with Crippen LogP contribution in [0.3, 0.4) is 0 Å². The Labute approximate surface area is 120 Å². The first-order valence-corrected chi connectivity index (χ1v) is 6.39. The van der Waals surface area contributed by atoms with Crippen molar-refractivity contribution in [3.05, 3.63) is 24.0 Å². The number of rotatable bonds is 5. The Hall–Kier alpha value is -1.42. The molecule has 0 saturated carbocycles. The summed E-state index contributed by atoms with van der Waals surface area (Å²) in [5.41, 5.74) is 2.32. The van der Waals surface area contributed by atoms with Gasteiger partial charge in [0.15, 0.2) is 0 Å². The number of amides is 1. The molecule has 0 bridgehead atoms. The van der Waals surface area contributed by atoms with E-state index in [0.717, 1.165) is 17.1 Å².